The van der Waals surface area contributed by atoms with E-state index in [-0.39, 0.29) is 23.7 Å². The molecule has 2 heterocycles. The number of rotatable bonds is 9. The summed E-state index contributed by atoms with van der Waals surface area (Å²) in [5.74, 6) is 1.97. The Morgan fingerprint density at radius 3 is 2.68 bits per heavy atom. The Labute approximate surface area is 244 Å². The first-order valence-corrected chi connectivity index (χ1v) is 14.6. The number of ether oxygens (including phenoxy) is 2. The van der Waals surface area contributed by atoms with Gasteiger partial charge in [0.05, 0.1) is 25.5 Å². The molecule has 0 aliphatic heterocycles. The number of hydrogen-bond donors (Lipinski definition) is 1. The van der Waals surface area contributed by atoms with Crippen LogP contribution in [0.1, 0.15) is 64.9 Å². The van der Waals surface area contributed by atoms with Gasteiger partial charge >= 0.3 is 0 Å². The van der Waals surface area contributed by atoms with Gasteiger partial charge in [0, 0.05) is 11.1 Å². The number of fused-ring (bicyclic) bond motifs is 1. The molecule has 0 saturated carbocycles. The van der Waals surface area contributed by atoms with Crippen LogP contribution in [0.3, 0.4) is 0 Å². The summed E-state index contributed by atoms with van der Waals surface area (Å²) in [7, 11) is 1.58. The lowest BCUT2D eigenvalue weighted by Crippen LogP contribution is -2.28. The maximum absolute atomic E-state index is 13.5. The number of amides is 1. The number of carbonyl (C=O) groups is 1. The van der Waals surface area contributed by atoms with Crippen LogP contribution in [-0.2, 0) is 26.0 Å². The van der Waals surface area contributed by atoms with E-state index in [2.05, 4.69) is 26.1 Å². The van der Waals surface area contributed by atoms with Crippen LogP contribution in [0.4, 0.5) is 9.39 Å². The Bertz CT molecular complexity index is 1520. The summed E-state index contributed by atoms with van der Waals surface area (Å²) in [6.07, 6.45) is 6.22. The molecule has 0 spiro atoms. The first-order valence-electron chi connectivity index (χ1n) is 13.8. The fraction of sp³-hybridized carbons (Fsp3) is 0.333. The first-order chi connectivity index (χ1) is 19.7. The molecule has 0 radical (unpaired) electrons. The zero-order valence-electron chi connectivity index (χ0n) is 23.8. The summed E-state index contributed by atoms with van der Waals surface area (Å²) in [5, 5.41) is 3.72. The third-order valence-corrected chi connectivity index (χ3v) is 8.69. The number of carbonyl (C=O) groups excluding carboxylic acids is 1. The van der Waals surface area contributed by atoms with Crippen molar-refractivity contribution >= 4 is 28.5 Å². The number of halogens is 1. The number of thiophene rings is 1. The van der Waals surface area contributed by atoms with E-state index in [1.165, 1.54) is 17.0 Å². The molecule has 0 saturated heterocycles. The fourth-order valence-electron chi connectivity index (χ4n) is 5.06. The molecular formula is C33H35FN2O4S. The highest BCUT2D eigenvalue weighted by molar-refractivity contribution is 7.16. The van der Waals surface area contributed by atoms with Crippen LogP contribution >= 0.6 is 11.3 Å². The topological polar surface area (TPSA) is 73.1 Å². The molecule has 41 heavy (non-hydrogen) atoms. The van der Waals surface area contributed by atoms with Crippen LogP contribution in [0.25, 0.3) is 0 Å². The van der Waals surface area contributed by atoms with Crippen LogP contribution in [0.5, 0.6) is 11.5 Å². The standard InChI is InChI=1S/C33H35FN2O4S/c1-33(2,3)23-10-13-26-29(17-23)41-32(30(26)31(37)35-19-25-6-5-15-39-25)36-18-22-9-14-27(28(16-22)38-4)40-20-21-7-11-24(34)12-8-21/h5-9,11-12,14-16,18,23H,10,13,17,19-20H2,1-4H3,(H,35,37)/t23-/m1/s1. The van der Waals surface area contributed by atoms with Gasteiger partial charge in [-0.15, -0.1) is 11.3 Å². The molecule has 1 atom stereocenters. The number of hydrogen-bond acceptors (Lipinski definition) is 6. The second-order valence-electron chi connectivity index (χ2n) is 11.3. The van der Waals surface area contributed by atoms with Gasteiger partial charge in [0.15, 0.2) is 11.5 Å². The Morgan fingerprint density at radius 2 is 1.98 bits per heavy atom. The van der Waals surface area contributed by atoms with Crippen molar-refractivity contribution in [3.05, 3.63) is 99.6 Å². The Hall–Kier alpha value is -3.91. The molecular weight excluding hydrogens is 539 g/mol. The van der Waals surface area contributed by atoms with Gasteiger partial charge in [-0.2, -0.15) is 0 Å². The normalized spacial score (nSPS) is 15.1. The summed E-state index contributed by atoms with van der Waals surface area (Å²) in [4.78, 5) is 19.5. The fourth-order valence-corrected chi connectivity index (χ4v) is 6.33. The van der Waals surface area contributed by atoms with Crippen molar-refractivity contribution in [3.63, 3.8) is 0 Å². The third kappa shape index (κ3) is 6.88. The highest BCUT2D eigenvalue weighted by atomic mass is 32.1. The lowest BCUT2D eigenvalue weighted by atomic mass is 9.72. The first kappa shape index (κ1) is 28.6. The zero-order chi connectivity index (χ0) is 29.0. The molecule has 2 aromatic heterocycles. The largest absolute Gasteiger partial charge is 0.493 e. The van der Waals surface area contributed by atoms with Crippen molar-refractivity contribution < 1.29 is 23.1 Å². The van der Waals surface area contributed by atoms with Gasteiger partial charge in [-0.25, -0.2) is 9.38 Å². The molecule has 1 aliphatic carbocycles. The number of nitrogens with zero attached hydrogens (tertiary/aromatic N) is 1. The lowest BCUT2D eigenvalue weighted by Gasteiger charge is -2.33. The van der Waals surface area contributed by atoms with Gasteiger partial charge in [-0.05, 0) is 89.8 Å². The average Bonchev–Trinajstić information content (AvgIpc) is 3.61. The van der Waals surface area contributed by atoms with E-state index in [9.17, 15) is 9.18 Å². The molecule has 0 fully saturated rings. The lowest BCUT2D eigenvalue weighted by molar-refractivity contribution is 0.0947. The molecule has 6 nitrogen and oxygen atoms in total. The van der Waals surface area contributed by atoms with Crippen molar-refractivity contribution in [2.24, 2.45) is 16.3 Å². The Morgan fingerprint density at radius 1 is 1.17 bits per heavy atom. The van der Waals surface area contributed by atoms with Crippen molar-refractivity contribution in [1.29, 1.82) is 0 Å². The number of furan rings is 1. The average molecular weight is 575 g/mol. The van der Waals surface area contributed by atoms with Gasteiger partial charge in [0.1, 0.15) is 23.2 Å². The van der Waals surface area contributed by atoms with Crippen LogP contribution in [-0.4, -0.2) is 19.2 Å². The zero-order valence-corrected chi connectivity index (χ0v) is 24.6. The van der Waals surface area contributed by atoms with Gasteiger partial charge < -0.3 is 19.2 Å². The Kier molecular flexibility index (Phi) is 8.59. The predicted molar refractivity (Wildman–Crippen MR) is 160 cm³/mol. The maximum Gasteiger partial charge on any atom is 0.255 e. The van der Waals surface area contributed by atoms with Gasteiger partial charge in [0.2, 0.25) is 0 Å². The Balaban J connectivity index is 1.38. The van der Waals surface area contributed by atoms with Gasteiger partial charge in [-0.1, -0.05) is 32.9 Å². The van der Waals surface area contributed by atoms with E-state index in [0.29, 0.717) is 40.3 Å². The van der Waals surface area contributed by atoms with Crippen LogP contribution in [0.2, 0.25) is 0 Å². The molecule has 1 amide bonds. The maximum atomic E-state index is 13.5. The minimum Gasteiger partial charge on any atom is -0.493 e. The van der Waals surface area contributed by atoms with E-state index >= 15 is 0 Å². The minimum atomic E-state index is -0.284. The summed E-state index contributed by atoms with van der Waals surface area (Å²) in [6, 6.07) is 15.4. The number of methoxy groups -OCH3 is 1. The van der Waals surface area contributed by atoms with Crippen LogP contribution in [0.15, 0.2) is 70.3 Å². The third-order valence-electron chi connectivity index (χ3n) is 7.53. The van der Waals surface area contributed by atoms with Crippen LogP contribution in [0, 0.1) is 17.2 Å². The quantitative estimate of drug-likeness (QED) is 0.206. The minimum absolute atomic E-state index is 0.137. The smallest absolute Gasteiger partial charge is 0.255 e. The van der Waals surface area contributed by atoms with Crippen molar-refractivity contribution in [2.45, 2.75) is 53.2 Å². The van der Waals surface area contributed by atoms with E-state index < -0.39 is 0 Å². The second kappa shape index (κ2) is 12.3. The van der Waals surface area contributed by atoms with E-state index in [1.54, 1.807) is 43.1 Å². The monoisotopic (exact) mass is 574 g/mol. The van der Waals surface area contributed by atoms with E-state index in [1.807, 2.05) is 30.3 Å². The van der Waals surface area contributed by atoms with Gasteiger partial charge in [-0.3, -0.25) is 4.79 Å². The van der Waals surface area contributed by atoms with Gasteiger partial charge in [0.25, 0.3) is 5.91 Å². The van der Waals surface area contributed by atoms with E-state index in [0.717, 1.165) is 36.0 Å². The highest BCUT2D eigenvalue weighted by Crippen LogP contribution is 2.45. The summed E-state index contributed by atoms with van der Waals surface area (Å²) in [6.45, 7) is 7.46. The van der Waals surface area contributed by atoms with Crippen molar-refractivity contribution in [3.8, 4) is 11.5 Å². The SMILES string of the molecule is COc1cc(C=Nc2sc3c(c2C(=O)NCc2ccco2)CC[C@@H](C(C)(C)C)C3)ccc1OCc1ccc(F)cc1. The molecule has 8 heteroatoms. The van der Waals surface area contributed by atoms with Crippen molar-refractivity contribution in [1.82, 2.24) is 5.32 Å². The molecule has 1 N–H and O–H groups in total. The summed E-state index contributed by atoms with van der Waals surface area (Å²) < 4.78 is 30.1. The molecule has 4 aromatic rings. The summed E-state index contributed by atoms with van der Waals surface area (Å²) in [5.41, 5.74) is 3.64. The molecule has 0 bridgehead atoms. The molecule has 2 aromatic carbocycles. The molecule has 5 rings (SSSR count). The number of aliphatic imine (C=N–C) groups is 1. The van der Waals surface area contributed by atoms with Crippen LogP contribution < -0.4 is 14.8 Å². The highest BCUT2D eigenvalue weighted by Gasteiger charge is 2.33. The summed E-state index contributed by atoms with van der Waals surface area (Å²) >= 11 is 1.61. The second-order valence-corrected chi connectivity index (χ2v) is 12.4. The predicted octanol–water partition coefficient (Wildman–Crippen LogP) is 7.90. The van der Waals surface area contributed by atoms with Crippen molar-refractivity contribution in [2.75, 3.05) is 7.11 Å². The number of nitrogens with one attached hydrogen (secondary N) is 1. The molecule has 0 unspecified atom stereocenters. The number of benzene rings is 2. The molecule has 214 valence electrons. The van der Waals surface area contributed by atoms with E-state index in [4.69, 9.17) is 18.9 Å². The molecule has 1 aliphatic rings.